The van der Waals surface area contributed by atoms with E-state index in [-0.39, 0.29) is 36.7 Å². The fourth-order valence-corrected chi connectivity index (χ4v) is 3.47. The first kappa shape index (κ1) is 30.7. The number of carboxylic acids is 2. The number of aliphatic carboxylic acids is 2. The number of phenols is 1. The second-order valence-electron chi connectivity index (χ2n) is 8.74. The number of hydrogen-bond donors (Lipinski definition) is 8. The van der Waals surface area contributed by atoms with Crippen LogP contribution in [-0.2, 0) is 30.4 Å². The minimum Gasteiger partial charge on any atom is -0.508 e. The number of phenolic OH excluding ortho intramolecular Hbond substituents is 1. The minimum atomic E-state index is -1.30. The number of carbonyl (C=O) groups is 5. The number of thiol groups is 1. The van der Waals surface area contributed by atoms with Gasteiger partial charge in [-0.3, -0.25) is 19.2 Å². The first-order valence-electron chi connectivity index (χ1n) is 11.3. The molecule has 0 radical (unpaired) electrons. The summed E-state index contributed by atoms with van der Waals surface area (Å²) in [5, 5.41) is 34.8. The number of carboxylic acid groups (broad SMARTS) is 2. The summed E-state index contributed by atoms with van der Waals surface area (Å²) >= 11 is 3.90. The summed E-state index contributed by atoms with van der Waals surface area (Å²) in [7, 11) is 0. The van der Waals surface area contributed by atoms with Crippen LogP contribution in [0.2, 0.25) is 0 Å². The Balaban J connectivity index is 2.97. The average molecular weight is 527 g/mol. The van der Waals surface area contributed by atoms with E-state index in [1.165, 1.54) is 12.1 Å². The molecular formula is C23H34N4O8S. The molecule has 4 unspecified atom stereocenters. The Morgan fingerprint density at radius 2 is 1.42 bits per heavy atom. The SMILES string of the molecule is CC(C)CC(NC(=O)C(CCC(=O)O)NC(=O)C(N)Cc1ccc(O)cc1)C(=O)NC(CS)C(=O)O. The zero-order valence-corrected chi connectivity index (χ0v) is 21.0. The molecule has 36 heavy (non-hydrogen) atoms. The minimum absolute atomic E-state index is 0.0474. The van der Waals surface area contributed by atoms with Crippen molar-refractivity contribution in [2.75, 3.05) is 5.75 Å². The third-order valence-corrected chi connectivity index (χ3v) is 5.51. The van der Waals surface area contributed by atoms with Gasteiger partial charge in [-0.15, -0.1) is 0 Å². The van der Waals surface area contributed by atoms with E-state index in [9.17, 15) is 29.1 Å². The molecule has 0 saturated carbocycles. The smallest absolute Gasteiger partial charge is 0.327 e. The zero-order chi connectivity index (χ0) is 27.4. The van der Waals surface area contributed by atoms with Crippen LogP contribution in [0.5, 0.6) is 5.75 Å². The van der Waals surface area contributed by atoms with E-state index < -0.39 is 60.2 Å². The van der Waals surface area contributed by atoms with Gasteiger partial charge in [0.25, 0.3) is 0 Å². The standard InChI is InChI=1S/C23H34N4O8S/c1-12(2)9-17(22(33)27-18(11-36)23(34)35)26-21(32)16(7-8-19(29)30)25-20(31)15(24)10-13-3-5-14(28)6-4-13/h3-6,12,15-18,28,36H,7-11,24H2,1-2H3,(H,25,31)(H,26,32)(H,27,33)(H,29,30)(H,34,35). The van der Waals surface area contributed by atoms with Gasteiger partial charge in [-0.05, 0) is 42.9 Å². The average Bonchev–Trinajstić information content (AvgIpc) is 2.79. The molecule has 1 rings (SSSR count). The highest BCUT2D eigenvalue weighted by Gasteiger charge is 2.30. The first-order valence-corrected chi connectivity index (χ1v) is 12.0. The van der Waals surface area contributed by atoms with Crippen LogP contribution in [0.15, 0.2) is 24.3 Å². The maximum atomic E-state index is 13.0. The summed E-state index contributed by atoms with van der Waals surface area (Å²) in [5.74, 6) is -4.92. The lowest BCUT2D eigenvalue weighted by Gasteiger charge is -2.25. The largest absolute Gasteiger partial charge is 0.508 e. The fraction of sp³-hybridized carbons (Fsp3) is 0.522. The number of nitrogens with one attached hydrogen (secondary N) is 3. The Bertz CT molecular complexity index is 925. The molecule has 0 fully saturated rings. The van der Waals surface area contributed by atoms with E-state index >= 15 is 0 Å². The monoisotopic (exact) mass is 526 g/mol. The molecule has 4 atom stereocenters. The summed E-state index contributed by atoms with van der Waals surface area (Å²) in [6.45, 7) is 3.59. The van der Waals surface area contributed by atoms with E-state index in [1.807, 2.05) is 0 Å². The topological polar surface area (TPSA) is 208 Å². The molecule has 0 spiro atoms. The molecule has 13 heteroatoms. The second kappa shape index (κ2) is 14.9. The number of benzene rings is 1. The highest BCUT2D eigenvalue weighted by molar-refractivity contribution is 7.80. The number of aromatic hydroxyl groups is 1. The third-order valence-electron chi connectivity index (χ3n) is 5.15. The molecule has 0 aliphatic heterocycles. The van der Waals surface area contributed by atoms with E-state index in [0.717, 1.165) is 0 Å². The maximum Gasteiger partial charge on any atom is 0.327 e. The van der Waals surface area contributed by atoms with Gasteiger partial charge in [0.2, 0.25) is 17.7 Å². The molecular weight excluding hydrogens is 492 g/mol. The van der Waals surface area contributed by atoms with Crippen LogP contribution in [0.4, 0.5) is 0 Å². The van der Waals surface area contributed by atoms with Gasteiger partial charge < -0.3 is 37.0 Å². The second-order valence-corrected chi connectivity index (χ2v) is 9.11. The van der Waals surface area contributed by atoms with E-state index in [4.69, 9.17) is 15.9 Å². The summed E-state index contributed by atoms with van der Waals surface area (Å²) < 4.78 is 0. The summed E-state index contributed by atoms with van der Waals surface area (Å²) in [4.78, 5) is 60.7. The predicted molar refractivity (Wildman–Crippen MR) is 133 cm³/mol. The van der Waals surface area contributed by atoms with Crippen molar-refractivity contribution in [3.8, 4) is 5.75 Å². The number of carbonyl (C=O) groups excluding carboxylic acids is 3. The highest BCUT2D eigenvalue weighted by Crippen LogP contribution is 2.12. The van der Waals surface area contributed by atoms with Gasteiger partial charge in [0, 0.05) is 12.2 Å². The van der Waals surface area contributed by atoms with E-state index in [1.54, 1.807) is 26.0 Å². The summed E-state index contributed by atoms with van der Waals surface area (Å²) in [5.41, 5.74) is 6.62. The highest BCUT2D eigenvalue weighted by atomic mass is 32.1. The molecule has 0 saturated heterocycles. The van der Waals surface area contributed by atoms with E-state index in [0.29, 0.717) is 5.56 Å². The van der Waals surface area contributed by atoms with Crippen molar-refractivity contribution in [3.63, 3.8) is 0 Å². The molecule has 12 nitrogen and oxygen atoms in total. The van der Waals surface area contributed by atoms with Gasteiger partial charge in [0.1, 0.15) is 23.9 Å². The summed E-state index contributed by atoms with van der Waals surface area (Å²) in [6.07, 6.45) is -0.439. The molecule has 200 valence electrons. The van der Waals surface area contributed by atoms with Crippen molar-refractivity contribution in [2.45, 2.75) is 63.7 Å². The molecule has 0 aliphatic rings. The van der Waals surface area contributed by atoms with Crippen LogP contribution in [0, 0.1) is 5.92 Å². The van der Waals surface area contributed by atoms with Crippen LogP contribution >= 0.6 is 12.6 Å². The number of amides is 3. The van der Waals surface area contributed by atoms with Crippen LogP contribution in [0.25, 0.3) is 0 Å². The molecule has 0 bridgehead atoms. The van der Waals surface area contributed by atoms with Crippen molar-refractivity contribution >= 4 is 42.3 Å². The number of nitrogens with two attached hydrogens (primary N) is 1. The Hall–Kier alpha value is -3.32. The third kappa shape index (κ3) is 11.0. The number of rotatable bonds is 15. The van der Waals surface area contributed by atoms with Crippen LogP contribution < -0.4 is 21.7 Å². The van der Waals surface area contributed by atoms with Crippen molar-refractivity contribution in [1.29, 1.82) is 0 Å². The van der Waals surface area contributed by atoms with Crippen molar-refractivity contribution in [2.24, 2.45) is 11.7 Å². The lowest BCUT2D eigenvalue weighted by molar-refractivity contribution is -0.141. The van der Waals surface area contributed by atoms with Crippen LogP contribution in [0.3, 0.4) is 0 Å². The summed E-state index contributed by atoms with van der Waals surface area (Å²) in [6, 6.07) is 1.26. The molecule has 1 aromatic carbocycles. The van der Waals surface area contributed by atoms with Crippen molar-refractivity contribution in [1.82, 2.24) is 16.0 Å². The van der Waals surface area contributed by atoms with Crippen LogP contribution in [-0.4, -0.2) is 74.9 Å². The van der Waals surface area contributed by atoms with Crippen LogP contribution in [0.1, 0.15) is 38.7 Å². The first-order chi connectivity index (χ1) is 16.8. The quantitative estimate of drug-likeness (QED) is 0.140. The lowest BCUT2D eigenvalue weighted by atomic mass is 10.0. The molecule has 1 aromatic rings. The van der Waals surface area contributed by atoms with Gasteiger partial charge >= 0.3 is 11.9 Å². The Morgan fingerprint density at radius 3 is 1.92 bits per heavy atom. The van der Waals surface area contributed by atoms with Gasteiger partial charge in [-0.2, -0.15) is 12.6 Å². The molecule has 8 N–H and O–H groups in total. The van der Waals surface area contributed by atoms with Gasteiger partial charge in [-0.25, -0.2) is 4.79 Å². The molecule has 0 aromatic heterocycles. The molecule has 0 heterocycles. The predicted octanol–water partition coefficient (Wildman–Crippen LogP) is -0.358. The lowest BCUT2D eigenvalue weighted by Crippen LogP contribution is -2.57. The fourth-order valence-electron chi connectivity index (χ4n) is 3.23. The Kier molecular flexibility index (Phi) is 12.7. The van der Waals surface area contributed by atoms with Crippen molar-refractivity contribution in [3.05, 3.63) is 29.8 Å². The van der Waals surface area contributed by atoms with Crippen molar-refractivity contribution < 1.29 is 39.3 Å². The van der Waals surface area contributed by atoms with Gasteiger partial charge in [0.05, 0.1) is 6.04 Å². The normalized spacial score (nSPS) is 14.2. The number of hydrogen-bond acceptors (Lipinski definition) is 8. The Labute approximate surface area is 214 Å². The molecule has 3 amide bonds. The zero-order valence-electron chi connectivity index (χ0n) is 20.1. The van der Waals surface area contributed by atoms with E-state index in [2.05, 4.69) is 28.6 Å². The molecule has 0 aliphatic carbocycles. The van der Waals surface area contributed by atoms with Gasteiger partial charge in [0.15, 0.2) is 0 Å². The van der Waals surface area contributed by atoms with Gasteiger partial charge in [-0.1, -0.05) is 26.0 Å². The maximum absolute atomic E-state index is 13.0. The Morgan fingerprint density at radius 1 is 0.889 bits per heavy atom.